The second-order valence-corrected chi connectivity index (χ2v) is 6.47. The Bertz CT molecular complexity index is 977. The summed E-state index contributed by atoms with van der Waals surface area (Å²) < 4.78 is 0. The van der Waals surface area contributed by atoms with Crippen LogP contribution in [0.2, 0.25) is 0 Å². The molecule has 1 aliphatic rings. The number of rotatable bonds is 5. The van der Waals surface area contributed by atoms with Gasteiger partial charge in [-0.2, -0.15) is 5.10 Å². The first kappa shape index (κ1) is 19.2. The van der Waals surface area contributed by atoms with Gasteiger partial charge in [0.05, 0.1) is 12.1 Å². The van der Waals surface area contributed by atoms with Crippen LogP contribution in [0.1, 0.15) is 41.8 Å². The van der Waals surface area contributed by atoms with Crippen LogP contribution in [0.15, 0.2) is 58.6 Å². The molecule has 3 rings (SSSR count). The number of carbonyl (C=O) groups is 3. The summed E-state index contributed by atoms with van der Waals surface area (Å²) in [6, 6.07) is 14.1. The van der Waals surface area contributed by atoms with Crippen LogP contribution in [0.4, 0.5) is 5.69 Å². The van der Waals surface area contributed by atoms with E-state index in [1.54, 1.807) is 31.2 Å². The number of hydrogen-bond donors (Lipinski definition) is 1. The zero-order chi connectivity index (χ0) is 20.1. The van der Waals surface area contributed by atoms with Crippen molar-refractivity contribution in [3.8, 4) is 0 Å². The molecule has 0 aliphatic carbocycles. The van der Waals surface area contributed by atoms with E-state index in [9.17, 15) is 14.4 Å². The molecule has 0 radical (unpaired) electrons. The molecule has 2 aromatic carbocycles. The number of nitrogens with zero attached hydrogens (tertiary/aromatic N) is 3. The quantitative estimate of drug-likeness (QED) is 0.814. The minimum absolute atomic E-state index is 0.0807. The van der Waals surface area contributed by atoms with Crippen LogP contribution < -0.4 is 10.3 Å². The minimum Gasteiger partial charge on any atom is -0.348 e. The molecule has 7 nitrogen and oxygen atoms in total. The predicted octanol–water partition coefficient (Wildman–Crippen LogP) is 2.69. The van der Waals surface area contributed by atoms with E-state index >= 15 is 0 Å². The third kappa shape index (κ3) is 4.76. The van der Waals surface area contributed by atoms with E-state index in [4.69, 9.17) is 0 Å². The molecule has 0 fully saturated rings. The highest BCUT2D eigenvalue weighted by Gasteiger charge is 2.22. The van der Waals surface area contributed by atoms with Gasteiger partial charge in [0.2, 0.25) is 5.91 Å². The fourth-order valence-corrected chi connectivity index (χ4v) is 2.74. The van der Waals surface area contributed by atoms with Gasteiger partial charge < -0.3 is 5.32 Å². The number of hydrazone groups is 1. The summed E-state index contributed by atoms with van der Waals surface area (Å²) >= 11 is 0. The number of aliphatic imine (C=N–C) groups is 1. The van der Waals surface area contributed by atoms with Crippen molar-refractivity contribution in [2.24, 2.45) is 10.1 Å². The first-order valence-electron chi connectivity index (χ1n) is 8.81. The number of nitrogens with one attached hydrogen (secondary N) is 1. The fraction of sp³-hybridized carbons (Fsp3) is 0.190. The Labute approximate surface area is 162 Å². The van der Waals surface area contributed by atoms with Crippen LogP contribution in [0, 0.1) is 0 Å². The van der Waals surface area contributed by atoms with E-state index in [1.807, 2.05) is 24.3 Å². The van der Waals surface area contributed by atoms with E-state index in [1.165, 1.54) is 18.1 Å². The zero-order valence-electron chi connectivity index (χ0n) is 15.7. The maximum atomic E-state index is 12.4. The van der Waals surface area contributed by atoms with Gasteiger partial charge in [0, 0.05) is 31.0 Å². The lowest BCUT2D eigenvalue weighted by molar-refractivity contribution is -0.117. The molecule has 0 bridgehead atoms. The monoisotopic (exact) mass is 376 g/mol. The van der Waals surface area contributed by atoms with Crippen LogP contribution >= 0.6 is 0 Å². The number of benzene rings is 2. The van der Waals surface area contributed by atoms with Crippen molar-refractivity contribution in [3.05, 3.63) is 65.2 Å². The average Bonchev–Trinajstić information content (AvgIpc) is 3.03. The molecular weight excluding hydrogens is 356 g/mol. The Hall–Kier alpha value is -3.61. The van der Waals surface area contributed by atoms with Gasteiger partial charge >= 0.3 is 0 Å². The van der Waals surface area contributed by atoms with E-state index in [0.717, 1.165) is 16.8 Å². The fourth-order valence-electron chi connectivity index (χ4n) is 2.74. The molecule has 0 aromatic heterocycles. The SMILES string of the molecule is CC(=O)N=Cc1cccc(CNC(=O)c2ccc(N3N=C(C)CC3=O)cc2)c1. The van der Waals surface area contributed by atoms with Gasteiger partial charge in [-0.3, -0.25) is 14.4 Å². The largest absolute Gasteiger partial charge is 0.348 e. The predicted molar refractivity (Wildman–Crippen MR) is 108 cm³/mol. The highest BCUT2D eigenvalue weighted by atomic mass is 16.2. The molecular formula is C21H20N4O3. The number of anilines is 1. The number of carbonyl (C=O) groups excluding carboxylic acids is 3. The van der Waals surface area contributed by atoms with Gasteiger partial charge in [0.15, 0.2) is 0 Å². The lowest BCUT2D eigenvalue weighted by Crippen LogP contribution is -2.23. The topological polar surface area (TPSA) is 91.2 Å². The first-order valence-corrected chi connectivity index (χ1v) is 8.81. The second kappa shape index (κ2) is 8.39. The molecule has 0 unspecified atom stereocenters. The Balaban J connectivity index is 1.62. The summed E-state index contributed by atoms with van der Waals surface area (Å²) in [4.78, 5) is 38.9. The van der Waals surface area contributed by atoms with Gasteiger partial charge in [0.1, 0.15) is 0 Å². The molecule has 1 N–H and O–H groups in total. The third-order valence-corrected chi connectivity index (χ3v) is 4.09. The van der Waals surface area contributed by atoms with Crippen LogP contribution in [0.3, 0.4) is 0 Å². The van der Waals surface area contributed by atoms with Gasteiger partial charge in [0.25, 0.3) is 11.8 Å². The minimum atomic E-state index is -0.265. The standard InChI is InChI=1S/C21H20N4O3/c1-14-10-20(27)25(24-14)19-8-6-18(7-9-19)21(28)23-13-17-5-3-4-16(11-17)12-22-15(2)26/h3-9,11-12H,10,13H2,1-2H3,(H,23,28). The summed E-state index contributed by atoms with van der Waals surface area (Å²) in [5.74, 6) is -0.566. The molecule has 1 heterocycles. The van der Waals surface area contributed by atoms with Gasteiger partial charge in [-0.05, 0) is 48.4 Å². The molecule has 7 heteroatoms. The Morgan fingerprint density at radius 3 is 2.61 bits per heavy atom. The van der Waals surface area contributed by atoms with Crippen molar-refractivity contribution in [2.45, 2.75) is 26.8 Å². The van der Waals surface area contributed by atoms with Crippen molar-refractivity contribution < 1.29 is 14.4 Å². The third-order valence-electron chi connectivity index (χ3n) is 4.09. The van der Waals surface area contributed by atoms with Gasteiger partial charge in [-0.15, -0.1) is 0 Å². The maximum absolute atomic E-state index is 12.4. The van der Waals surface area contributed by atoms with Crippen molar-refractivity contribution in [2.75, 3.05) is 5.01 Å². The normalized spacial score (nSPS) is 13.7. The summed E-state index contributed by atoms with van der Waals surface area (Å²) in [5, 5.41) is 8.40. The molecule has 1 aliphatic heterocycles. The summed E-state index contributed by atoms with van der Waals surface area (Å²) in [6.07, 6.45) is 1.81. The molecule has 0 saturated carbocycles. The highest BCUT2D eigenvalue weighted by molar-refractivity contribution is 6.12. The smallest absolute Gasteiger partial charge is 0.253 e. The first-order chi connectivity index (χ1) is 13.4. The van der Waals surface area contributed by atoms with E-state index in [2.05, 4.69) is 15.4 Å². The second-order valence-electron chi connectivity index (χ2n) is 6.47. The van der Waals surface area contributed by atoms with Crippen LogP contribution in [0.5, 0.6) is 0 Å². The van der Waals surface area contributed by atoms with Crippen LogP contribution in [-0.4, -0.2) is 29.6 Å². The van der Waals surface area contributed by atoms with Gasteiger partial charge in [-0.25, -0.2) is 10.0 Å². The molecule has 142 valence electrons. The summed E-state index contributed by atoms with van der Waals surface area (Å²) in [6.45, 7) is 3.54. The zero-order valence-corrected chi connectivity index (χ0v) is 15.7. The Morgan fingerprint density at radius 1 is 1.21 bits per heavy atom. The lowest BCUT2D eigenvalue weighted by Gasteiger charge is -2.12. The molecule has 28 heavy (non-hydrogen) atoms. The Morgan fingerprint density at radius 2 is 1.96 bits per heavy atom. The molecule has 0 atom stereocenters. The van der Waals surface area contributed by atoms with E-state index in [-0.39, 0.29) is 17.7 Å². The summed E-state index contributed by atoms with van der Waals surface area (Å²) in [7, 11) is 0. The molecule has 3 amide bonds. The van der Waals surface area contributed by atoms with Crippen molar-refractivity contribution in [3.63, 3.8) is 0 Å². The van der Waals surface area contributed by atoms with E-state index in [0.29, 0.717) is 24.2 Å². The van der Waals surface area contributed by atoms with Gasteiger partial charge in [-0.1, -0.05) is 18.2 Å². The van der Waals surface area contributed by atoms with Crippen molar-refractivity contribution in [1.29, 1.82) is 0 Å². The van der Waals surface area contributed by atoms with Crippen molar-refractivity contribution in [1.82, 2.24) is 5.32 Å². The molecule has 0 spiro atoms. The highest BCUT2D eigenvalue weighted by Crippen LogP contribution is 2.21. The van der Waals surface area contributed by atoms with Crippen molar-refractivity contribution >= 4 is 35.3 Å². The Kier molecular flexibility index (Phi) is 5.74. The lowest BCUT2D eigenvalue weighted by atomic mass is 10.1. The maximum Gasteiger partial charge on any atom is 0.253 e. The molecule has 0 saturated heterocycles. The number of amides is 3. The van der Waals surface area contributed by atoms with Crippen LogP contribution in [0.25, 0.3) is 0 Å². The van der Waals surface area contributed by atoms with E-state index < -0.39 is 0 Å². The molecule has 2 aromatic rings. The number of hydrogen-bond acceptors (Lipinski definition) is 4. The average molecular weight is 376 g/mol. The van der Waals surface area contributed by atoms with Crippen LogP contribution in [-0.2, 0) is 16.1 Å². The summed E-state index contributed by atoms with van der Waals surface area (Å²) in [5.41, 5.74) is 3.58.